The Morgan fingerprint density at radius 2 is 1.78 bits per heavy atom. The van der Waals surface area contributed by atoms with Gasteiger partial charge in [0.2, 0.25) is 0 Å². The van der Waals surface area contributed by atoms with Crippen LogP contribution in [0.1, 0.15) is 27.7 Å². The monoisotopic (exact) mass is 243 g/mol. The normalized spacial score (nSPS) is 31.3. The van der Waals surface area contributed by atoms with E-state index in [1.807, 2.05) is 6.20 Å². The average molecular weight is 243 g/mol. The lowest BCUT2D eigenvalue weighted by molar-refractivity contribution is 0.00578. The van der Waals surface area contributed by atoms with Gasteiger partial charge in [0.1, 0.15) is 0 Å². The van der Waals surface area contributed by atoms with Crippen molar-refractivity contribution in [2.24, 2.45) is 10.9 Å². The van der Waals surface area contributed by atoms with E-state index in [1.54, 1.807) is 0 Å². The molecule has 0 radical (unpaired) electrons. The van der Waals surface area contributed by atoms with Crippen LogP contribution in [0.5, 0.6) is 0 Å². The Morgan fingerprint density at radius 3 is 2.44 bits per heavy atom. The molecule has 1 aliphatic carbocycles. The molecule has 3 aliphatic rings. The van der Waals surface area contributed by atoms with E-state index in [2.05, 4.69) is 57.0 Å². The fourth-order valence-electron chi connectivity index (χ4n) is 2.26. The lowest BCUT2D eigenvalue weighted by Gasteiger charge is -2.32. The minimum absolute atomic E-state index is 0.293. The van der Waals surface area contributed by atoms with Gasteiger partial charge in [-0.1, -0.05) is 18.2 Å². The van der Waals surface area contributed by atoms with Gasteiger partial charge in [0.05, 0.1) is 16.9 Å². The third-order valence-electron chi connectivity index (χ3n) is 4.19. The van der Waals surface area contributed by atoms with E-state index in [-0.39, 0.29) is 18.3 Å². The molecule has 0 bridgehead atoms. The molecule has 94 valence electrons. The Kier molecular flexibility index (Phi) is 2.44. The molecule has 2 heterocycles. The third-order valence-corrected chi connectivity index (χ3v) is 4.19. The molecule has 0 amide bonds. The van der Waals surface area contributed by atoms with Gasteiger partial charge in [0.15, 0.2) is 0 Å². The van der Waals surface area contributed by atoms with Gasteiger partial charge in [-0.15, -0.1) is 0 Å². The summed E-state index contributed by atoms with van der Waals surface area (Å²) in [6.45, 7) is 8.27. The van der Waals surface area contributed by atoms with Crippen LogP contribution in [-0.2, 0) is 9.31 Å². The van der Waals surface area contributed by atoms with Gasteiger partial charge in [0.25, 0.3) is 0 Å². The minimum Gasteiger partial charge on any atom is -0.399 e. The van der Waals surface area contributed by atoms with Crippen molar-refractivity contribution in [3.05, 3.63) is 36.0 Å². The molecule has 0 spiro atoms. The Hall–Kier alpha value is -1.13. The lowest BCUT2D eigenvalue weighted by Crippen LogP contribution is -2.41. The number of rotatable bonds is 1. The molecular weight excluding hydrogens is 225 g/mol. The second-order valence-electron chi connectivity index (χ2n) is 6.01. The van der Waals surface area contributed by atoms with Crippen LogP contribution in [0.25, 0.3) is 0 Å². The van der Waals surface area contributed by atoms with Gasteiger partial charge < -0.3 is 9.31 Å². The average Bonchev–Trinajstić information content (AvgIpc) is 2.80. The molecular formula is C14H18BNO2. The topological polar surface area (TPSA) is 30.8 Å². The van der Waals surface area contributed by atoms with Gasteiger partial charge >= 0.3 is 7.12 Å². The van der Waals surface area contributed by atoms with E-state index in [0.717, 1.165) is 11.2 Å². The van der Waals surface area contributed by atoms with Crippen LogP contribution in [0.2, 0.25) is 0 Å². The summed E-state index contributed by atoms with van der Waals surface area (Å²) in [5, 5.41) is 0. The smallest absolute Gasteiger partial charge is 0.399 e. The zero-order valence-corrected chi connectivity index (χ0v) is 11.3. The lowest BCUT2D eigenvalue weighted by atomic mass is 9.74. The van der Waals surface area contributed by atoms with Crippen LogP contribution >= 0.6 is 0 Å². The molecule has 1 atom stereocenters. The van der Waals surface area contributed by atoms with Gasteiger partial charge in [-0.25, -0.2) is 0 Å². The maximum atomic E-state index is 6.03. The van der Waals surface area contributed by atoms with Crippen LogP contribution in [-0.4, -0.2) is 24.0 Å². The molecule has 1 fully saturated rings. The molecule has 3 nitrogen and oxygen atoms in total. The number of hydrogen-bond acceptors (Lipinski definition) is 3. The number of fused-ring (bicyclic) bond motifs is 1. The first-order valence-electron chi connectivity index (χ1n) is 6.39. The van der Waals surface area contributed by atoms with Gasteiger partial charge in [-0.2, -0.15) is 0 Å². The standard InChI is InChI=1S/C14H18BNO2/c1-13(2)14(3,4)18-15(17-13)11-6-5-10-7-8-16-12(10)9-11/h5-10H,1-4H3/t10-/m1/s1. The van der Waals surface area contributed by atoms with E-state index >= 15 is 0 Å². The van der Waals surface area contributed by atoms with Crippen molar-refractivity contribution in [3.63, 3.8) is 0 Å². The predicted octanol–water partition coefficient (Wildman–Crippen LogP) is 2.70. The van der Waals surface area contributed by atoms with Gasteiger partial charge in [-0.05, 0) is 39.2 Å². The van der Waals surface area contributed by atoms with E-state index in [4.69, 9.17) is 9.31 Å². The molecule has 3 rings (SSSR count). The maximum absolute atomic E-state index is 6.03. The van der Waals surface area contributed by atoms with Crippen molar-refractivity contribution in [1.29, 1.82) is 0 Å². The van der Waals surface area contributed by atoms with Crippen LogP contribution < -0.4 is 0 Å². The summed E-state index contributed by atoms with van der Waals surface area (Å²) >= 11 is 0. The quantitative estimate of drug-likeness (QED) is 0.663. The van der Waals surface area contributed by atoms with Crippen molar-refractivity contribution in [3.8, 4) is 0 Å². The van der Waals surface area contributed by atoms with Crippen LogP contribution in [0.15, 0.2) is 41.0 Å². The first-order chi connectivity index (χ1) is 8.39. The maximum Gasteiger partial charge on any atom is 0.494 e. The summed E-state index contributed by atoms with van der Waals surface area (Å²) in [7, 11) is -0.296. The molecule has 2 aliphatic heterocycles. The Morgan fingerprint density at radius 1 is 1.11 bits per heavy atom. The fourth-order valence-corrected chi connectivity index (χ4v) is 2.26. The molecule has 0 N–H and O–H groups in total. The predicted molar refractivity (Wildman–Crippen MR) is 73.4 cm³/mol. The number of allylic oxidation sites excluding steroid dienone is 5. The molecule has 0 aromatic rings. The van der Waals surface area contributed by atoms with Crippen molar-refractivity contribution < 1.29 is 9.31 Å². The largest absolute Gasteiger partial charge is 0.494 e. The third kappa shape index (κ3) is 1.71. The summed E-state index contributed by atoms with van der Waals surface area (Å²) < 4.78 is 12.1. The summed E-state index contributed by atoms with van der Waals surface area (Å²) in [4.78, 5) is 4.35. The summed E-state index contributed by atoms with van der Waals surface area (Å²) in [6.07, 6.45) is 10.2. The Bertz CT molecular complexity index is 484. The highest BCUT2D eigenvalue weighted by Gasteiger charge is 2.52. The molecule has 1 saturated heterocycles. The zero-order valence-electron chi connectivity index (χ0n) is 11.3. The molecule has 4 heteroatoms. The summed E-state index contributed by atoms with van der Waals surface area (Å²) in [5.41, 5.74) is 1.53. The zero-order chi connectivity index (χ0) is 13.0. The molecule has 0 unspecified atom stereocenters. The van der Waals surface area contributed by atoms with Crippen LogP contribution in [0.4, 0.5) is 0 Å². The fraction of sp³-hybridized carbons (Fsp3) is 0.500. The molecule has 18 heavy (non-hydrogen) atoms. The van der Waals surface area contributed by atoms with E-state index in [9.17, 15) is 0 Å². The Labute approximate surface area is 108 Å². The summed E-state index contributed by atoms with van der Waals surface area (Å²) in [6, 6.07) is 0. The van der Waals surface area contributed by atoms with Crippen molar-refractivity contribution in [1.82, 2.24) is 0 Å². The second kappa shape index (κ2) is 3.68. The van der Waals surface area contributed by atoms with E-state index < -0.39 is 0 Å². The SMILES string of the molecule is CC1(C)OB(C2=CC3=NC=C[C@H]3C=C2)OC1(C)C. The van der Waals surface area contributed by atoms with E-state index in [1.165, 1.54) is 0 Å². The first kappa shape index (κ1) is 11.9. The van der Waals surface area contributed by atoms with Crippen LogP contribution in [0.3, 0.4) is 0 Å². The highest BCUT2D eigenvalue weighted by Crippen LogP contribution is 2.39. The first-order valence-corrected chi connectivity index (χ1v) is 6.39. The van der Waals surface area contributed by atoms with Gasteiger partial charge in [-0.3, -0.25) is 4.99 Å². The van der Waals surface area contributed by atoms with E-state index in [0.29, 0.717) is 5.92 Å². The molecule has 0 aromatic heterocycles. The van der Waals surface area contributed by atoms with Crippen molar-refractivity contribution in [2.75, 3.05) is 0 Å². The molecule has 0 saturated carbocycles. The number of nitrogens with zero attached hydrogens (tertiary/aromatic N) is 1. The molecule has 0 aromatic carbocycles. The highest BCUT2D eigenvalue weighted by molar-refractivity contribution is 6.56. The number of hydrogen-bond donors (Lipinski definition) is 0. The number of aliphatic imine (C=N–C) groups is 1. The second-order valence-corrected chi connectivity index (χ2v) is 6.01. The van der Waals surface area contributed by atoms with Crippen molar-refractivity contribution >= 4 is 12.8 Å². The van der Waals surface area contributed by atoms with Crippen molar-refractivity contribution in [2.45, 2.75) is 38.9 Å². The van der Waals surface area contributed by atoms with Gasteiger partial charge in [0, 0.05) is 12.1 Å². The van der Waals surface area contributed by atoms with Crippen LogP contribution in [0, 0.1) is 5.92 Å². The summed E-state index contributed by atoms with van der Waals surface area (Å²) in [5.74, 6) is 0.330. The Balaban J connectivity index is 1.85. The highest BCUT2D eigenvalue weighted by atomic mass is 16.7. The minimum atomic E-state index is -0.296.